The van der Waals surface area contributed by atoms with Gasteiger partial charge in [0.2, 0.25) is 0 Å². The van der Waals surface area contributed by atoms with E-state index in [2.05, 4.69) is 31.2 Å². The number of ether oxygens (including phenoxy) is 1. The zero-order chi connectivity index (χ0) is 9.40. The van der Waals surface area contributed by atoms with Gasteiger partial charge in [-0.15, -0.1) is 0 Å². The summed E-state index contributed by atoms with van der Waals surface area (Å²) in [4.78, 5) is 2.13. The summed E-state index contributed by atoms with van der Waals surface area (Å²) in [6.45, 7) is 4.98. The van der Waals surface area contributed by atoms with Gasteiger partial charge in [-0.1, -0.05) is 0 Å². The van der Waals surface area contributed by atoms with Gasteiger partial charge < -0.3 is 15.0 Å². The molecule has 74 valence electrons. The van der Waals surface area contributed by atoms with Crippen LogP contribution in [0.1, 0.15) is 13.3 Å². The second-order valence-electron chi connectivity index (χ2n) is 3.38. The van der Waals surface area contributed by atoms with E-state index in [1.165, 1.54) is 0 Å². The SMILES string of the molecule is CNCCC(C)OCCN(C)C. The molecule has 0 aromatic rings. The van der Waals surface area contributed by atoms with Gasteiger partial charge in [-0.05, 0) is 41.0 Å². The number of nitrogens with zero attached hydrogens (tertiary/aromatic N) is 1. The molecule has 0 saturated heterocycles. The molecule has 1 unspecified atom stereocenters. The Morgan fingerprint density at radius 2 is 2.08 bits per heavy atom. The molecule has 0 amide bonds. The third-order valence-corrected chi connectivity index (χ3v) is 1.74. The van der Waals surface area contributed by atoms with Gasteiger partial charge in [0.05, 0.1) is 12.7 Å². The van der Waals surface area contributed by atoms with E-state index in [0.717, 1.165) is 26.1 Å². The van der Waals surface area contributed by atoms with Crippen molar-refractivity contribution in [1.82, 2.24) is 10.2 Å². The van der Waals surface area contributed by atoms with Crippen molar-refractivity contribution in [2.24, 2.45) is 0 Å². The number of hydrogen-bond donors (Lipinski definition) is 1. The lowest BCUT2D eigenvalue weighted by molar-refractivity contribution is 0.0513. The quantitative estimate of drug-likeness (QED) is 0.610. The van der Waals surface area contributed by atoms with Crippen molar-refractivity contribution in [1.29, 1.82) is 0 Å². The molecule has 0 aliphatic carbocycles. The van der Waals surface area contributed by atoms with E-state index in [1.807, 2.05) is 7.05 Å². The number of nitrogens with one attached hydrogen (secondary N) is 1. The Kier molecular flexibility index (Phi) is 7.45. The predicted molar refractivity (Wildman–Crippen MR) is 52.5 cm³/mol. The molecule has 0 aliphatic rings. The van der Waals surface area contributed by atoms with E-state index in [4.69, 9.17) is 4.74 Å². The molecule has 0 radical (unpaired) electrons. The second kappa shape index (κ2) is 7.53. The molecule has 1 N–H and O–H groups in total. The van der Waals surface area contributed by atoms with Crippen LogP contribution in [0.4, 0.5) is 0 Å². The molecular formula is C9H22N2O. The summed E-state index contributed by atoms with van der Waals surface area (Å²) >= 11 is 0. The average Bonchev–Trinajstić information content (AvgIpc) is 2.00. The van der Waals surface area contributed by atoms with Crippen molar-refractivity contribution in [3.05, 3.63) is 0 Å². The van der Waals surface area contributed by atoms with Crippen LogP contribution in [0, 0.1) is 0 Å². The standard InChI is InChI=1S/C9H22N2O/c1-9(5-6-10-2)12-8-7-11(3)4/h9-10H,5-8H2,1-4H3. The molecule has 0 saturated carbocycles. The van der Waals surface area contributed by atoms with E-state index in [9.17, 15) is 0 Å². The van der Waals surface area contributed by atoms with Crippen LogP contribution >= 0.6 is 0 Å². The van der Waals surface area contributed by atoms with Crippen molar-refractivity contribution in [2.45, 2.75) is 19.4 Å². The maximum absolute atomic E-state index is 5.57. The van der Waals surface area contributed by atoms with Crippen LogP contribution in [0.25, 0.3) is 0 Å². The fourth-order valence-electron chi connectivity index (χ4n) is 0.867. The molecule has 0 rings (SSSR count). The topological polar surface area (TPSA) is 24.5 Å². The van der Waals surface area contributed by atoms with Crippen LogP contribution in [0.15, 0.2) is 0 Å². The van der Waals surface area contributed by atoms with E-state index >= 15 is 0 Å². The van der Waals surface area contributed by atoms with Gasteiger partial charge in [0.25, 0.3) is 0 Å². The third kappa shape index (κ3) is 7.98. The molecule has 0 spiro atoms. The molecule has 3 heteroatoms. The summed E-state index contributed by atoms with van der Waals surface area (Å²) in [6.07, 6.45) is 1.46. The maximum Gasteiger partial charge on any atom is 0.0596 e. The molecule has 0 heterocycles. The molecule has 0 aromatic carbocycles. The Morgan fingerprint density at radius 1 is 1.42 bits per heavy atom. The smallest absolute Gasteiger partial charge is 0.0596 e. The molecule has 0 bridgehead atoms. The minimum absolute atomic E-state index is 0.373. The molecule has 0 aromatic heterocycles. The summed E-state index contributed by atoms with van der Waals surface area (Å²) in [5, 5.41) is 3.11. The molecule has 12 heavy (non-hydrogen) atoms. The van der Waals surface area contributed by atoms with Crippen LogP contribution in [0.2, 0.25) is 0 Å². The first-order valence-corrected chi connectivity index (χ1v) is 4.57. The number of likely N-dealkylation sites (N-methyl/N-ethyl adjacent to an activating group) is 1. The van der Waals surface area contributed by atoms with Gasteiger partial charge in [-0.2, -0.15) is 0 Å². The van der Waals surface area contributed by atoms with Crippen molar-refractivity contribution < 1.29 is 4.74 Å². The Balaban J connectivity index is 3.13. The minimum atomic E-state index is 0.373. The van der Waals surface area contributed by atoms with Crippen molar-refractivity contribution in [3.63, 3.8) is 0 Å². The normalized spacial score (nSPS) is 13.8. The summed E-state index contributed by atoms with van der Waals surface area (Å²) in [6, 6.07) is 0. The highest BCUT2D eigenvalue weighted by Gasteiger charge is 2.00. The Bertz CT molecular complexity index is 96.5. The molecule has 0 fully saturated rings. The Labute approximate surface area is 76.1 Å². The molecule has 1 atom stereocenters. The highest BCUT2D eigenvalue weighted by atomic mass is 16.5. The highest BCUT2D eigenvalue weighted by molar-refractivity contribution is 4.52. The summed E-state index contributed by atoms with van der Waals surface area (Å²) in [7, 11) is 6.08. The Morgan fingerprint density at radius 3 is 2.58 bits per heavy atom. The van der Waals surface area contributed by atoms with E-state index in [-0.39, 0.29) is 0 Å². The van der Waals surface area contributed by atoms with Crippen molar-refractivity contribution >= 4 is 0 Å². The molecular weight excluding hydrogens is 152 g/mol. The third-order valence-electron chi connectivity index (χ3n) is 1.74. The van der Waals surface area contributed by atoms with E-state index in [0.29, 0.717) is 6.10 Å². The molecule has 3 nitrogen and oxygen atoms in total. The van der Waals surface area contributed by atoms with Crippen LogP contribution in [0.3, 0.4) is 0 Å². The summed E-state index contributed by atoms with van der Waals surface area (Å²) < 4.78 is 5.57. The lowest BCUT2D eigenvalue weighted by Crippen LogP contribution is -2.23. The van der Waals surface area contributed by atoms with Crippen LogP contribution in [0.5, 0.6) is 0 Å². The van der Waals surface area contributed by atoms with Crippen LogP contribution in [-0.4, -0.2) is 51.8 Å². The predicted octanol–water partition coefficient (Wildman–Crippen LogP) is 0.563. The first kappa shape index (κ1) is 11.9. The first-order valence-electron chi connectivity index (χ1n) is 4.57. The fourth-order valence-corrected chi connectivity index (χ4v) is 0.867. The van der Waals surface area contributed by atoms with Gasteiger partial charge in [0.1, 0.15) is 0 Å². The van der Waals surface area contributed by atoms with E-state index < -0.39 is 0 Å². The van der Waals surface area contributed by atoms with Gasteiger partial charge in [0, 0.05) is 6.54 Å². The van der Waals surface area contributed by atoms with Gasteiger partial charge in [0.15, 0.2) is 0 Å². The van der Waals surface area contributed by atoms with Crippen LogP contribution < -0.4 is 5.32 Å². The largest absolute Gasteiger partial charge is 0.377 e. The monoisotopic (exact) mass is 174 g/mol. The number of hydrogen-bond acceptors (Lipinski definition) is 3. The van der Waals surface area contributed by atoms with Gasteiger partial charge in [-0.3, -0.25) is 0 Å². The average molecular weight is 174 g/mol. The fraction of sp³-hybridized carbons (Fsp3) is 1.00. The van der Waals surface area contributed by atoms with Crippen molar-refractivity contribution in [3.8, 4) is 0 Å². The van der Waals surface area contributed by atoms with Crippen molar-refractivity contribution in [2.75, 3.05) is 40.8 Å². The lowest BCUT2D eigenvalue weighted by Gasteiger charge is -2.15. The zero-order valence-electron chi connectivity index (χ0n) is 8.76. The Hall–Kier alpha value is -0.120. The zero-order valence-corrected chi connectivity index (χ0v) is 8.76. The molecule has 0 aliphatic heterocycles. The second-order valence-corrected chi connectivity index (χ2v) is 3.38. The maximum atomic E-state index is 5.57. The minimum Gasteiger partial charge on any atom is -0.377 e. The number of rotatable bonds is 7. The van der Waals surface area contributed by atoms with Crippen LogP contribution in [-0.2, 0) is 4.74 Å². The van der Waals surface area contributed by atoms with E-state index in [1.54, 1.807) is 0 Å². The first-order chi connectivity index (χ1) is 5.66. The van der Waals surface area contributed by atoms with Gasteiger partial charge >= 0.3 is 0 Å². The lowest BCUT2D eigenvalue weighted by atomic mass is 10.3. The summed E-state index contributed by atoms with van der Waals surface area (Å²) in [5.41, 5.74) is 0. The summed E-state index contributed by atoms with van der Waals surface area (Å²) in [5.74, 6) is 0. The van der Waals surface area contributed by atoms with Gasteiger partial charge in [-0.25, -0.2) is 0 Å². The highest BCUT2D eigenvalue weighted by Crippen LogP contribution is 1.95.